The first-order valence-electron chi connectivity index (χ1n) is 5.58. The minimum absolute atomic E-state index is 0.185. The standard InChI is InChI=1S/C12H18N4/c1-10-4-2-3-5-11(10)15-6-8-16(9-7-15)12(13)14/h2-5H,6-9H2,1H3,(H3,13,14). The van der Waals surface area contributed by atoms with Crippen molar-refractivity contribution >= 4 is 11.6 Å². The zero-order valence-corrected chi connectivity index (χ0v) is 9.61. The van der Waals surface area contributed by atoms with Gasteiger partial charge in [-0.3, -0.25) is 5.41 Å². The first-order valence-corrected chi connectivity index (χ1v) is 5.58. The van der Waals surface area contributed by atoms with E-state index in [1.807, 2.05) is 4.90 Å². The maximum Gasteiger partial charge on any atom is 0.188 e. The van der Waals surface area contributed by atoms with E-state index < -0.39 is 0 Å². The Morgan fingerprint density at radius 3 is 2.38 bits per heavy atom. The molecule has 1 aliphatic heterocycles. The predicted molar refractivity (Wildman–Crippen MR) is 66.9 cm³/mol. The predicted octanol–water partition coefficient (Wildman–Crippen LogP) is 1.01. The molecule has 0 saturated carbocycles. The number of piperazine rings is 1. The Bertz CT molecular complexity index is 380. The molecule has 1 aromatic rings. The third kappa shape index (κ3) is 2.10. The van der Waals surface area contributed by atoms with Gasteiger partial charge >= 0.3 is 0 Å². The molecule has 1 heterocycles. The lowest BCUT2D eigenvalue weighted by atomic mass is 10.1. The number of nitrogens with two attached hydrogens (primary N) is 1. The highest BCUT2D eigenvalue weighted by Gasteiger charge is 2.18. The summed E-state index contributed by atoms with van der Waals surface area (Å²) >= 11 is 0. The van der Waals surface area contributed by atoms with Gasteiger partial charge in [0.15, 0.2) is 5.96 Å². The van der Waals surface area contributed by atoms with E-state index in [1.54, 1.807) is 0 Å². The van der Waals surface area contributed by atoms with Crippen molar-refractivity contribution in [1.29, 1.82) is 5.41 Å². The second-order valence-corrected chi connectivity index (χ2v) is 4.15. The second kappa shape index (κ2) is 4.43. The molecule has 0 radical (unpaired) electrons. The maximum absolute atomic E-state index is 7.39. The van der Waals surface area contributed by atoms with E-state index in [0.717, 1.165) is 26.2 Å². The summed E-state index contributed by atoms with van der Waals surface area (Å²) in [4.78, 5) is 4.27. The van der Waals surface area contributed by atoms with Gasteiger partial charge in [0.25, 0.3) is 0 Å². The van der Waals surface area contributed by atoms with Crippen molar-refractivity contribution in [2.24, 2.45) is 5.73 Å². The van der Waals surface area contributed by atoms with Gasteiger partial charge in [-0.2, -0.15) is 0 Å². The Balaban J connectivity index is 2.05. The first-order chi connectivity index (χ1) is 7.68. The van der Waals surface area contributed by atoms with E-state index >= 15 is 0 Å². The highest BCUT2D eigenvalue weighted by molar-refractivity contribution is 5.75. The molecule has 1 saturated heterocycles. The zero-order valence-electron chi connectivity index (χ0n) is 9.61. The summed E-state index contributed by atoms with van der Waals surface area (Å²) in [5, 5.41) is 7.39. The topological polar surface area (TPSA) is 56.4 Å². The highest BCUT2D eigenvalue weighted by Crippen LogP contribution is 2.20. The summed E-state index contributed by atoms with van der Waals surface area (Å²) < 4.78 is 0. The minimum Gasteiger partial charge on any atom is -0.370 e. The molecular weight excluding hydrogens is 200 g/mol. The molecule has 1 aliphatic rings. The fourth-order valence-corrected chi connectivity index (χ4v) is 2.11. The summed E-state index contributed by atoms with van der Waals surface area (Å²) in [6.45, 7) is 5.68. The Morgan fingerprint density at radius 1 is 1.19 bits per heavy atom. The van der Waals surface area contributed by atoms with Gasteiger partial charge in [-0.05, 0) is 18.6 Å². The number of hydrogen-bond donors (Lipinski definition) is 2. The molecule has 0 unspecified atom stereocenters. The molecule has 0 aromatic heterocycles. The van der Waals surface area contributed by atoms with Crippen LogP contribution in [0.3, 0.4) is 0 Å². The second-order valence-electron chi connectivity index (χ2n) is 4.15. The van der Waals surface area contributed by atoms with Gasteiger partial charge in [0, 0.05) is 31.9 Å². The average molecular weight is 218 g/mol. The van der Waals surface area contributed by atoms with Gasteiger partial charge in [0.1, 0.15) is 0 Å². The fraction of sp³-hybridized carbons (Fsp3) is 0.417. The van der Waals surface area contributed by atoms with Gasteiger partial charge in [0.2, 0.25) is 0 Å². The molecule has 1 aromatic carbocycles. The number of rotatable bonds is 1. The summed E-state index contributed by atoms with van der Waals surface area (Å²) in [6, 6.07) is 8.41. The lowest BCUT2D eigenvalue weighted by Crippen LogP contribution is -2.51. The summed E-state index contributed by atoms with van der Waals surface area (Å²) in [7, 11) is 0. The molecule has 0 amide bonds. The summed E-state index contributed by atoms with van der Waals surface area (Å²) in [5.41, 5.74) is 8.07. The number of guanidine groups is 1. The molecular formula is C12H18N4. The van der Waals surface area contributed by atoms with Crippen molar-refractivity contribution in [2.75, 3.05) is 31.1 Å². The molecule has 16 heavy (non-hydrogen) atoms. The lowest BCUT2D eigenvalue weighted by molar-refractivity contribution is 0.380. The van der Waals surface area contributed by atoms with Crippen LogP contribution >= 0.6 is 0 Å². The van der Waals surface area contributed by atoms with Crippen LogP contribution < -0.4 is 10.6 Å². The summed E-state index contributed by atoms with van der Waals surface area (Å²) in [6.07, 6.45) is 0. The van der Waals surface area contributed by atoms with E-state index in [0.29, 0.717) is 0 Å². The highest BCUT2D eigenvalue weighted by atomic mass is 15.3. The SMILES string of the molecule is Cc1ccccc1N1CCN(C(=N)N)CC1. The van der Waals surface area contributed by atoms with E-state index in [1.165, 1.54) is 11.3 Å². The van der Waals surface area contributed by atoms with Crippen LogP contribution in [0.15, 0.2) is 24.3 Å². The normalized spacial score (nSPS) is 16.3. The molecule has 4 nitrogen and oxygen atoms in total. The number of anilines is 1. The molecule has 4 heteroatoms. The lowest BCUT2D eigenvalue weighted by Gasteiger charge is -2.36. The van der Waals surface area contributed by atoms with Crippen molar-refractivity contribution in [3.63, 3.8) is 0 Å². The molecule has 0 bridgehead atoms. The van der Waals surface area contributed by atoms with Crippen LogP contribution in [0.1, 0.15) is 5.56 Å². The number of nitrogens with one attached hydrogen (secondary N) is 1. The van der Waals surface area contributed by atoms with Crippen molar-refractivity contribution in [2.45, 2.75) is 6.92 Å². The first kappa shape index (κ1) is 10.8. The monoisotopic (exact) mass is 218 g/mol. The van der Waals surface area contributed by atoms with Crippen LogP contribution in [-0.2, 0) is 0 Å². The molecule has 0 atom stereocenters. The smallest absolute Gasteiger partial charge is 0.188 e. The fourth-order valence-electron chi connectivity index (χ4n) is 2.11. The molecule has 1 fully saturated rings. The molecule has 0 spiro atoms. The number of para-hydroxylation sites is 1. The number of benzene rings is 1. The van der Waals surface area contributed by atoms with Crippen molar-refractivity contribution in [1.82, 2.24) is 4.90 Å². The van der Waals surface area contributed by atoms with Gasteiger partial charge in [-0.15, -0.1) is 0 Å². The van der Waals surface area contributed by atoms with Crippen LogP contribution in [0, 0.1) is 12.3 Å². The Kier molecular flexibility index (Phi) is 2.99. The minimum atomic E-state index is 0.185. The molecule has 86 valence electrons. The average Bonchev–Trinajstić information content (AvgIpc) is 2.30. The third-order valence-electron chi connectivity index (χ3n) is 3.08. The van der Waals surface area contributed by atoms with Crippen LogP contribution in [0.5, 0.6) is 0 Å². The quantitative estimate of drug-likeness (QED) is 0.546. The number of aryl methyl sites for hydroxylation is 1. The van der Waals surface area contributed by atoms with Gasteiger partial charge in [0.05, 0.1) is 0 Å². The number of nitrogens with zero attached hydrogens (tertiary/aromatic N) is 2. The van der Waals surface area contributed by atoms with E-state index in [9.17, 15) is 0 Å². The van der Waals surface area contributed by atoms with Crippen molar-refractivity contribution in [3.05, 3.63) is 29.8 Å². The third-order valence-corrected chi connectivity index (χ3v) is 3.08. The van der Waals surface area contributed by atoms with Crippen LogP contribution in [0.2, 0.25) is 0 Å². The van der Waals surface area contributed by atoms with Crippen molar-refractivity contribution < 1.29 is 0 Å². The van der Waals surface area contributed by atoms with Crippen LogP contribution in [0.4, 0.5) is 5.69 Å². The maximum atomic E-state index is 7.39. The van der Waals surface area contributed by atoms with Crippen molar-refractivity contribution in [3.8, 4) is 0 Å². The Labute approximate surface area is 96.2 Å². The van der Waals surface area contributed by atoms with Gasteiger partial charge < -0.3 is 15.5 Å². The van der Waals surface area contributed by atoms with Gasteiger partial charge in [-0.1, -0.05) is 18.2 Å². The van der Waals surface area contributed by atoms with E-state index in [4.69, 9.17) is 11.1 Å². The van der Waals surface area contributed by atoms with Crippen LogP contribution in [0.25, 0.3) is 0 Å². The zero-order chi connectivity index (χ0) is 11.5. The van der Waals surface area contributed by atoms with E-state index in [-0.39, 0.29) is 5.96 Å². The molecule has 3 N–H and O–H groups in total. The van der Waals surface area contributed by atoms with E-state index in [2.05, 4.69) is 36.1 Å². The van der Waals surface area contributed by atoms with Gasteiger partial charge in [-0.25, -0.2) is 0 Å². The summed E-state index contributed by atoms with van der Waals surface area (Å²) in [5.74, 6) is 0.185. The largest absolute Gasteiger partial charge is 0.370 e. The molecule has 0 aliphatic carbocycles. The Hall–Kier alpha value is -1.71. The van der Waals surface area contributed by atoms with Crippen LogP contribution in [-0.4, -0.2) is 37.0 Å². The Morgan fingerprint density at radius 2 is 1.81 bits per heavy atom. The number of hydrogen-bond acceptors (Lipinski definition) is 2. The molecule has 2 rings (SSSR count).